The molecule has 146 valence electrons. The van der Waals surface area contributed by atoms with E-state index >= 15 is 0 Å². The minimum Gasteiger partial charge on any atom is -0.493 e. The van der Waals surface area contributed by atoms with Crippen molar-refractivity contribution in [2.24, 2.45) is 0 Å². The van der Waals surface area contributed by atoms with Crippen LogP contribution in [0.1, 0.15) is 18.1 Å². The van der Waals surface area contributed by atoms with Gasteiger partial charge in [-0.15, -0.1) is 0 Å². The number of nitrogens with zero attached hydrogens (tertiary/aromatic N) is 1. The first-order valence-corrected chi connectivity index (χ1v) is 10.8. The predicted molar refractivity (Wildman–Crippen MR) is 118 cm³/mol. The Balaban J connectivity index is 1.87. The highest BCUT2D eigenvalue weighted by Gasteiger charge is 2.35. The highest BCUT2D eigenvalue weighted by Crippen LogP contribution is 2.39. The number of hydrogen-bond acceptors (Lipinski definition) is 5. The van der Waals surface area contributed by atoms with E-state index in [9.17, 15) is 9.59 Å². The van der Waals surface area contributed by atoms with E-state index in [4.69, 9.17) is 9.47 Å². The standard InChI is InChI=1S/C20H17Br2NO4S/c1-3-27-18-15(22)8-12(9-16(18)26-2)10-17-19(24)23(20(25)28-17)11-13-6-4-5-7-14(13)21/h4-10H,3,11H2,1-2H3/b17-10+. The molecule has 0 radical (unpaired) electrons. The normalized spacial score (nSPS) is 15.4. The number of benzene rings is 2. The van der Waals surface area contributed by atoms with E-state index in [1.807, 2.05) is 37.3 Å². The second-order valence-electron chi connectivity index (χ2n) is 5.83. The van der Waals surface area contributed by atoms with E-state index in [1.54, 1.807) is 19.3 Å². The summed E-state index contributed by atoms with van der Waals surface area (Å²) in [6.45, 7) is 2.61. The van der Waals surface area contributed by atoms with Crippen molar-refractivity contribution in [3.05, 3.63) is 61.4 Å². The van der Waals surface area contributed by atoms with Crippen molar-refractivity contribution < 1.29 is 19.1 Å². The molecule has 3 rings (SSSR count). The number of hydrogen-bond donors (Lipinski definition) is 0. The molecule has 2 aromatic rings. The topological polar surface area (TPSA) is 55.8 Å². The Labute approximate surface area is 184 Å². The molecule has 1 aliphatic heterocycles. The lowest BCUT2D eigenvalue weighted by molar-refractivity contribution is -0.123. The lowest BCUT2D eigenvalue weighted by atomic mass is 10.1. The number of carbonyl (C=O) groups excluding carboxylic acids is 2. The average molecular weight is 527 g/mol. The number of rotatable bonds is 6. The molecule has 0 unspecified atom stereocenters. The van der Waals surface area contributed by atoms with Crippen LogP contribution in [0.25, 0.3) is 6.08 Å². The van der Waals surface area contributed by atoms with E-state index in [-0.39, 0.29) is 17.7 Å². The minimum atomic E-state index is -0.310. The first-order valence-electron chi connectivity index (χ1n) is 8.43. The van der Waals surface area contributed by atoms with Gasteiger partial charge in [0, 0.05) is 4.47 Å². The Morgan fingerprint density at radius 2 is 1.89 bits per heavy atom. The first kappa shape index (κ1) is 21.0. The summed E-state index contributed by atoms with van der Waals surface area (Å²) in [4.78, 5) is 26.8. The molecule has 0 bridgehead atoms. The number of halogens is 2. The van der Waals surface area contributed by atoms with E-state index in [1.165, 1.54) is 4.90 Å². The molecular formula is C20H17Br2NO4S. The van der Waals surface area contributed by atoms with Gasteiger partial charge in [0.15, 0.2) is 11.5 Å². The Kier molecular flexibility index (Phi) is 6.85. The number of carbonyl (C=O) groups is 2. The second-order valence-corrected chi connectivity index (χ2v) is 8.53. The molecule has 0 spiro atoms. The van der Waals surface area contributed by atoms with Crippen LogP contribution < -0.4 is 9.47 Å². The Hall–Kier alpha value is -1.77. The van der Waals surface area contributed by atoms with Gasteiger partial charge in [-0.25, -0.2) is 0 Å². The third-order valence-electron chi connectivity index (χ3n) is 4.00. The van der Waals surface area contributed by atoms with Crippen LogP contribution in [0.5, 0.6) is 11.5 Å². The van der Waals surface area contributed by atoms with Gasteiger partial charge in [0.1, 0.15) is 0 Å². The Morgan fingerprint density at radius 3 is 2.57 bits per heavy atom. The quantitative estimate of drug-likeness (QED) is 0.441. The van der Waals surface area contributed by atoms with Gasteiger partial charge in [-0.05, 0) is 70.0 Å². The maximum atomic E-state index is 12.8. The van der Waals surface area contributed by atoms with Crippen molar-refractivity contribution in [3.63, 3.8) is 0 Å². The lowest BCUT2D eigenvalue weighted by Gasteiger charge is -2.13. The van der Waals surface area contributed by atoms with E-state index in [0.29, 0.717) is 27.5 Å². The van der Waals surface area contributed by atoms with Gasteiger partial charge in [-0.3, -0.25) is 14.5 Å². The number of imide groups is 1. The molecular weight excluding hydrogens is 510 g/mol. The second kappa shape index (κ2) is 9.15. The summed E-state index contributed by atoms with van der Waals surface area (Å²) in [7, 11) is 1.56. The summed E-state index contributed by atoms with van der Waals surface area (Å²) in [5.74, 6) is 0.842. The fourth-order valence-corrected chi connectivity index (χ4v) is 4.51. The number of amides is 2. The third-order valence-corrected chi connectivity index (χ3v) is 6.27. The molecule has 1 fully saturated rings. The molecule has 2 aromatic carbocycles. The summed E-state index contributed by atoms with van der Waals surface area (Å²) in [5.41, 5.74) is 1.61. The number of methoxy groups -OCH3 is 1. The SMILES string of the molecule is CCOc1c(Br)cc(/C=C2/SC(=O)N(Cc3ccccc3Br)C2=O)cc1OC. The van der Waals surface area contributed by atoms with Crippen molar-refractivity contribution >= 4 is 60.8 Å². The zero-order valence-corrected chi connectivity index (χ0v) is 19.2. The van der Waals surface area contributed by atoms with Crippen molar-refractivity contribution in [2.75, 3.05) is 13.7 Å². The molecule has 0 N–H and O–H groups in total. The summed E-state index contributed by atoms with van der Waals surface area (Å²) >= 11 is 7.86. The summed E-state index contributed by atoms with van der Waals surface area (Å²) in [6.07, 6.45) is 1.69. The Morgan fingerprint density at radius 1 is 1.14 bits per heavy atom. The van der Waals surface area contributed by atoms with Crippen LogP contribution >= 0.6 is 43.6 Å². The maximum Gasteiger partial charge on any atom is 0.293 e. The van der Waals surface area contributed by atoms with Gasteiger partial charge in [0.05, 0.1) is 29.6 Å². The van der Waals surface area contributed by atoms with Crippen LogP contribution in [0.4, 0.5) is 4.79 Å². The molecule has 2 amide bonds. The largest absolute Gasteiger partial charge is 0.493 e. The fourth-order valence-electron chi connectivity index (χ4n) is 2.69. The molecule has 1 heterocycles. The van der Waals surface area contributed by atoms with Crippen LogP contribution in [-0.2, 0) is 11.3 Å². The molecule has 1 saturated heterocycles. The minimum absolute atomic E-state index is 0.222. The van der Waals surface area contributed by atoms with Crippen molar-refractivity contribution in [1.82, 2.24) is 4.90 Å². The van der Waals surface area contributed by atoms with Gasteiger partial charge in [-0.1, -0.05) is 34.1 Å². The summed E-state index contributed by atoms with van der Waals surface area (Å²) < 4.78 is 12.5. The van der Waals surface area contributed by atoms with Crippen LogP contribution in [-0.4, -0.2) is 29.8 Å². The number of ether oxygens (including phenoxy) is 2. The van der Waals surface area contributed by atoms with Crippen LogP contribution in [0, 0.1) is 0 Å². The molecule has 8 heteroatoms. The van der Waals surface area contributed by atoms with E-state index in [0.717, 1.165) is 27.4 Å². The fraction of sp³-hybridized carbons (Fsp3) is 0.200. The van der Waals surface area contributed by atoms with Crippen molar-refractivity contribution in [3.8, 4) is 11.5 Å². The zero-order chi connectivity index (χ0) is 20.3. The molecule has 1 aliphatic rings. The summed E-state index contributed by atoms with van der Waals surface area (Å²) in [5, 5.41) is -0.288. The summed E-state index contributed by atoms with van der Waals surface area (Å²) in [6, 6.07) is 11.1. The molecule has 0 atom stereocenters. The van der Waals surface area contributed by atoms with Crippen LogP contribution in [0.2, 0.25) is 0 Å². The predicted octanol–water partition coefficient (Wildman–Crippen LogP) is 5.86. The van der Waals surface area contributed by atoms with Crippen LogP contribution in [0.15, 0.2) is 50.2 Å². The average Bonchev–Trinajstić information content (AvgIpc) is 2.92. The lowest BCUT2D eigenvalue weighted by Crippen LogP contribution is -2.27. The number of thioether (sulfide) groups is 1. The molecule has 0 aromatic heterocycles. The highest BCUT2D eigenvalue weighted by molar-refractivity contribution is 9.10. The third kappa shape index (κ3) is 4.45. The van der Waals surface area contributed by atoms with Crippen molar-refractivity contribution in [2.45, 2.75) is 13.5 Å². The van der Waals surface area contributed by atoms with Gasteiger partial charge < -0.3 is 9.47 Å². The van der Waals surface area contributed by atoms with Crippen molar-refractivity contribution in [1.29, 1.82) is 0 Å². The molecule has 0 saturated carbocycles. The highest BCUT2D eigenvalue weighted by atomic mass is 79.9. The molecule has 5 nitrogen and oxygen atoms in total. The van der Waals surface area contributed by atoms with E-state index < -0.39 is 0 Å². The monoisotopic (exact) mass is 525 g/mol. The first-order chi connectivity index (χ1) is 13.4. The van der Waals surface area contributed by atoms with Gasteiger partial charge >= 0.3 is 0 Å². The van der Waals surface area contributed by atoms with Crippen LogP contribution in [0.3, 0.4) is 0 Å². The van der Waals surface area contributed by atoms with E-state index in [2.05, 4.69) is 31.9 Å². The molecule has 28 heavy (non-hydrogen) atoms. The van der Waals surface area contributed by atoms with Gasteiger partial charge in [0.2, 0.25) is 0 Å². The molecule has 0 aliphatic carbocycles. The smallest absolute Gasteiger partial charge is 0.293 e. The Bertz CT molecular complexity index is 961. The zero-order valence-electron chi connectivity index (χ0n) is 15.2. The van der Waals surface area contributed by atoms with Gasteiger partial charge in [-0.2, -0.15) is 0 Å². The maximum absolute atomic E-state index is 12.8. The van der Waals surface area contributed by atoms with Gasteiger partial charge in [0.25, 0.3) is 11.1 Å².